The molecular formula is C23H27N5O2. The van der Waals surface area contributed by atoms with E-state index in [1.807, 2.05) is 30.3 Å². The average molecular weight is 406 g/mol. The van der Waals surface area contributed by atoms with Crippen LogP contribution in [-0.2, 0) is 6.54 Å². The van der Waals surface area contributed by atoms with Crippen LogP contribution < -0.4 is 4.90 Å². The fourth-order valence-corrected chi connectivity index (χ4v) is 3.89. The lowest BCUT2D eigenvalue weighted by Crippen LogP contribution is -2.49. The van der Waals surface area contributed by atoms with E-state index in [9.17, 15) is 9.90 Å². The highest BCUT2D eigenvalue weighted by molar-refractivity contribution is 5.90. The summed E-state index contributed by atoms with van der Waals surface area (Å²) in [4.78, 5) is 21.1. The highest BCUT2D eigenvalue weighted by Crippen LogP contribution is 2.23. The highest BCUT2D eigenvalue weighted by atomic mass is 16.3. The number of hydrogen-bond acceptors (Lipinski definition) is 5. The summed E-state index contributed by atoms with van der Waals surface area (Å²) < 4.78 is 1.52. The number of anilines is 1. The van der Waals surface area contributed by atoms with Gasteiger partial charge in [-0.25, -0.2) is 9.67 Å². The van der Waals surface area contributed by atoms with Crippen LogP contribution in [0.3, 0.4) is 0 Å². The van der Waals surface area contributed by atoms with Crippen LogP contribution in [0.1, 0.15) is 33.4 Å². The number of rotatable bonds is 5. The maximum Gasteiger partial charge on any atom is 0.293 e. The molecule has 2 aromatic carbocycles. The Kier molecular flexibility index (Phi) is 5.81. The van der Waals surface area contributed by atoms with Gasteiger partial charge in [0.25, 0.3) is 5.91 Å². The van der Waals surface area contributed by atoms with Gasteiger partial charge in [0.2, 0.25) is 5.82 Å². The summed E-state index contributed by atoms with van der Waals surface area (Å²) in [6.45, 7) is 7.30. The monoisotopic (exact) mass is 405 g/mol. The second-order valence-electron chi connectivity index (χ2n) is 7.79. The van der Waals surface area contributed by atoms with Crippen LogP contribution in [0, 0.1) is 13.8 Å². The van der Waals surface area contributed by atoms with Crippen molar-refractivity contribution in [3.8, 4) is 0 Å². The Bertz CT molecular complexity index is 1010. The van der Waals surface area contributed by atoms with Gasteiger partial charge in [0.15, 0.2) is 0 Å². The molecule has 7 nitrogen and oxygen atoms in total. The van der Waals surface area contributed by atoms with Gasteiger partial charge in [-0.2, -0.15) is 0 Å². The number of carbonyl (C=O) groups is 1. The van der Waals surface area contributed by atoms with Gasteiger partial charge in [0.1, 0.15) is 6.33 Å². The summed E-state index contributed by atoms with van der Waals surface area (Å²) in [5.74, 6) is 0.0125. The van der Waals surface area contributed by atoms with Crippen molar-refractivity contribution in [3.63, 3.8) is 0 Å². The second-order valence-corrected chi connectivity index (χ2v) is 7.79. The summed E-state index contributed by atoms with van der Waals surface area (Å²) >= 11 is 0. The van der Waals surface area contributed by atoms with Crippen LogP contribution in [0.4, 0.5) is 5.69 Å². The van der Waals surface area contributed by atoms with E-state index in [0.29, 0.717) is 13.1 Å². The molecule has 0 spiro atoms. The van der Waals surface area contributed by atoms with Gasteiger partial charge in [0, 0.05) is 31.9 Å². The van der Waals surface area contributed by atoms with E-state index in [4.69, 9.17) is 0 Å². The van der Waals surface area contributed by atoms with Crippen molar-refractivity contribution in [2.45, 2.75) is 26.5 Å². The van der Waals surface area contributed by atoms with Crippen molar-refractivity contribution in [3.05, 3.63) is 77.4 Å². The smallest absolute Gasteiger partial charge is 0.293 e. The standard InChI is InChI=1S/C23H27N5O2/c1-17-8-9-20(18(2)14-17)26-10-12-27(13-11-26)23(30)22-24-16-28(25-22)15-21(29)19-6-4-3-5-7-19/h3-9,14,16,21,29H,10-13,15H2,1-2H3/t21-/m0/s1. The van der Waals surface area contributed by atoms with Gasteiger partial charge in [-0.1, -0.05) is 48.0 Å². The fraction of sp³-hybridized carbons (Fsp3) is 0.348. The molecule has 0 unspecified atom stereocenters. The highest BCUT2D eigenvalue weighted by Gasteiger charge is 2.25. The van der Waals surface area contributed by atoms with Gasteiger partial charge in [0.05, 0.1) is 12.6 Å². The zero-order chi connectivity index (χ0) is 21.1. The molecule has 0 saturated carbocycles. The first-order valence-electron chi connectivity index (χ1n) is 10.2. The van der Waals surface area contributed by atoms with Gasteiger partial charge < -0.3 is 14.9 Å². The lowest BCUT2D eigenvalue weighted by molar-refractivity contribution is 0.0733. The molecule has 0 aliphatic carbocycles. The van der Waals surface area contributed by atoms with Crippen molar-refractivity contribution >= 4 is 11.6 Å². The number of amides is 1. The number of aliphatic hydroxyl groups is 1. The van der Waals surface area contributed by atoms with Crippen molar-refractivity contribution < 1.29 is 9.90 Å². The molecule has 2 heterocycles. The van der Waals surface area contributed by atoms with Crippen LogP contribution in [0.15, 0.2) is 54.9 Å². The number of hydrogen-bond donors (Lipinski definition) is 1. The fourth-order valence-electron chi connectivity index (χ4n) is 3.89. The van der Waals surface area contributed by atoms with E-state index in [2.05, 4.69) is 47.0 Å². The summed E-state index contributed by atoms with van der Waals surface area (Å²) in [5, 5.41) is 14.7. The number of aromatic nitrogens is 3. The Hall–Kier alpha value is -3.19. The van der Waals surface area contributed by atoms with Gasteiger partial charge in [-0.15, -0.1) is 5.10 Å². The molecule has 0 bridgehead atoms. The first-order chi connectivity index (χ1) is 14.5. The zero-order valence-corrected chi connectivity index (χ0v) is 17.4. The van der Waals surface area contributed by atoms with Crippen molar-refractivity contribution in [1.82, 2.24) is 19.7 Å². The third-order valence-electron chi connectivity index (χ3n) is 5.53. The molecule has 1 saturated heterocycles. The average Bonchev–Trinajstić information content (AvgIpc) is 3.22. The minimum Gasteiger partial charge on any atom is -0.386 e. The number of piperazine rings is 1. The Balaban J connectivity index is 1.35. The maximum absolute atomic E-state index is 12.8. The molecule has 4 rings (SSSR count). The Morgan fingerprint density at radius 1 is 1.07 bits per heavy atom. The predicted molar refractivity (Wildman–Crippen MR) is 115 cm³/mol. The van der Waals surface area contributed by atoms with Gasteiger partial charge >= 0.3 is 0 Å². The summed E-state index contributed by atoms with van der Waals surface area (Å²) in [5.41, 5.74) is 4.55. The molecule has 3 aromatic rings. The third-order valence-corrected chi connectivity index (χ3v) is 5.53. The first kappa shape index (κ1) is 20.1. The van der Waals surface area contributed by atoms with E-state index >= 15 is 0 Å². The van der Waals surface area contributed by atoms with Crippen LogP contribution in [0.25, 0.3) is 0 Å². The largest absolute Gasteiger partial charge is 0.386 e. The molecule has 0 radical (unpaired) electrons. The summed E-state index contributed by atoms with van der Waals surface area (Å²) in [6, 6.07) is 15.9. The molecule has 1 aliphatic heterocycles. The second kappa shape index (κ2) is 8.67. The maximum atomic E-state index is 12.8. The molecule has 1 amide bonds. The van der Waals surface area contributed by atoms with E-state index < -0.39 is 6.10 Å². The quantitative estimate of drug-likeness (QED) is 0.706. The van der Waals surface area contributed by atoms with Crippen LogP contribution in [-0.4, -0.2) is 56.9 Å². The van der Waals surface area contributed by atoms with E-state index in [-0.39, 0.29) is 18.3 Å². The molecule has 156 valence electrons. The van der Waals surface area contributed by atoms with Crippen molar-refractivity contribution in [2.75, 3.05) is 31.1 Å². The number of nitrogens with zero attached hydrogens (tertiary/aromatic N) is 5. The lowest BCUT2D eigenvalue weighted by Gasteiger charge is -2.36. The van der Waals surface area contributed by atoms with Crippen molar-refractivity contribution in [2.24, 2.45) is 0 Å². The molecule has 1 aliphatic rings. The molecule has 1 N–H and O–H groups in total. The SMILES string of the molecule is Cc1ccc(N2CCN(C(=O)c3ncn(C[C@H](O)c4ccccc4)n3)CC2)c(C)c1. The Morgan fingerprint density at radius 2 is 1.80 bits per heavy atom. The number of carbonyl (C=O) groups excluding carboxylic acids is 1. The number of aryl methyl sites for hydroxylation is 2. The number of aliphatic hydroxyl groups excluding tert-OH is 1. The normalized spacial score (nSPS) is 15.3. The molecule has 1 aromatic heterocycles. The first-order valence-corrected chi connectivity index (χ1v) is 10.2. The van der Waals surface area contributed by atoms with E-state index in [1.54, 1.807) is 4.90 Å². The van der Waals surface area contributed by atoms with Gasteiger partial charge in [-0.05, 0) is 31.0 Å². The van der Waals surface area contributed by atoms with Gasteiger partial charge in [-0.3, -0.25) is 4.79 Å². The minimum absolute atomic E-state index is 0.164. The molecule has 30 heavy (non-hydrogen) atoms. The van der Waals surface area contributed by atoms with Crippen LogP contribution >= 0.6 is 0 Å². The summed E-state index contributed by atoms with van der Waals surface area (Å²) in [7, 11) is 0. The predicted octanol–water partition coefficient (Wildman–Crippen LogP) is 2.59. The Labute approximate surface area is 176 Å². The van der Waals surface area contributed by atoms with Crippen molar-refractivity contribution in [1.29, 1.82) is 0 Å². The zero-order valence-electron chi connectivity index (χ0n) is 17.4. The third kappa shape index (κ3) is 4.36. The Morgan fingerprint density at radius 3 is 2.50 bits per heavy atom. The molecule has 1 fully saturated rings. The van der Waals surface area contributed by atoms with Crippen LogP contribution in [0.2, 0.25) is 0 Å². The summed E-state index contributed by atoms with van der Waals surface area (Å²) in [6.07, 6.45) is 0.808. The number of benzene rings is 2. The van der Waals surface area contributed by atoms with E-state index in [0.717, 1.165) is 18.7 Å². The minimum atomic E-state index is -0.697. The topological polar surface area (TPSA) is 74.5 Å². The lowest BCUT2D eigenvalue weighted by atomic mass is 10.1. The molecule has 7 heteroatoms. The van der Waals surface area contributed by atoms with Crippen LogP contribution in [0.5, 0.6) is 0 Å². The molecular weight excluding hydrogens is 378 g/mol. The molecule has 1 atom stereocenters. The van der Waals surface area contributed by atoms with E-state index in [1.165, 1.54) is 27.8 Å².